The van der Waals surface area contributed by atoms with E-state index in [9.17, 15) is 4.79 Å². The van der Waals surface area contributed by atoms with Gasteiger partial charge in [-0.05, 0) is 31.5 Å². The lowest BCUT2D eigenvalue weighted by Crippen LogP contribution is -2.12. The summed E-state index contributed by atoms with van der Waals surface area (Å²) in [7, 11) is 1.57. The lowest BCUT2D eigenvalue weighted by Gasteiger charge is -2.10. The standard InChI is InChI=1S/C13H15N3O2S/c1-7-4-5-9(10(6-7)18-3)16-12(17)11-8(2)15-13(14)19-11/h4-6H,1-3H3,(H2,14,15)(H,16,17). The molecule has 0 spiro atoms. The van der Waals surface area contributed by atoms with Gasteiger partial charge < -0.3 is 15.8 Å². The van der Waals surface area contributed by atoms with Crippen LogP contribution in [-0.4, -0.2) is 18.0 Å². The number of hydrogen-bond donors (Lipinski definition) is 2. The van der Waals surface area contributed by atoms with Crippen molar-refractivity contribution in [1.29, 1.82) is 0 Å². The largest absolute Gasteiger partial charge is 0.495 e. The molecule has 1 heterocycles. The Bertz CT molecular complexity index is 622. The van der Waals surface area contributed by atoms with Crippen molar-refractivity contribution in [2.75, 3.05) is 18.2 Å². The number of carbonyl (C=O) groups excluding carboxylic acids is 1. The molecule has 5 nitrogen and oxygen atoms in total. The minimum Gasteiger partial charge on any atom is -0.495 e. The van der Waals surface area contributed by atoms with Gasteiger partial charge in [-0.3, -0.25) is 4.79 Å². The number of benzene rings is 1. The first-order chi connectivity index (χ1) is 9.01. The first-order valence-corrected chi connectivity index (χ1v) is 6.52. The van der Waals surface area contributed by atoms with Crippen molar-refractivity contribution in [1.82, 2.24) is 4.98 Å². The number of nitrogens with two attached hydrogens (primary N) is 1. The Morgan fingerprint density at radius 3 is 2.74 bits per heavy atom. The molecule has 6 heteroatoms. The number of aryl methyl sites for hydroxylation is 2. The van der Waals surface area contributed by atoms with Gasteiger partial charge in [0.25, 0.3) is 5.91 Å². The van der Waals surface area contributed by atoms with E-state index in [1.54, 1.807) is 14.0 Å². The van der Waals surface area contributed by atoms with E-state index in [-0.39, 0.29) is 5.91 Å². The first-order valence-electron chi connectivity index (χ1n) is 5.70. The molecule has 0 saturated carbocycles. The number of carbonyl (C=O) groups is 1. The van der Waals surface area contributed by atoms with Crippen LogP contribution < -0.4 is 15.8 Å². The second kappa shape index (κ2) is 5.27. The number of aromatic nitrogens is 1. The van der Waals surface area contributed by atoms with Gasteiger partial charge >= 0.3 is 0 Å². The van der Waals surface area contributed by atoms with Gasteiger partial charge in [-0.1, -0.05) is 17.4 Å². The number of nitrogens with zero attached hydrogens (tertiary/aromatic N) is 1. The van der Waals surface area contributed by atoms with Crippen LogP contribution in [0.3, 0.4) is 0 Å². The molecular weight excluding hydrogens is 262 g/mol. The van der Waals surface area contributed by atoms with Gasteiger partial charge in [0.1, 0.15) is 10.6 Å². The predicted molar refractivity (Wildman–Crippen MR) is 76.9 cm³/mol. The zero-order valence-electron chi connectivity index (χ0n) is 11.0. The number of hydrogen-bond acceptors (Lipinski definition) is 5. The summed E-state index contributed by atoms with van der Waals surface area (Å²) in [6, 6.07) is 5.58. The molecule has 0 unspecified atom stereocenters. The molecule has 1 aromatic heterocycles. The van der Waals surface area contributed by atoms with Crippen LogP contribution in [0.1, 0.15) is 20.9 Å². The van der Waals surface area contributed by atoms with Gasteiger partial charge in [-0.15, -0.1) is 0 Å². The molecular formula is C13H15N3O2S. The van der Waals surface area contributed by atoms with Crippen molar-refractivity contribution in [3.05, 3.63) is 34.3 Å². The summed E-state index contributed by atoms with van der Waals surface area (Å²) in [5.74, 6) is 0.400. The first kappa shape index (κ1) is 13.4. The Labute approximate surface area is 115 Å². The number of nitrogens with one attached hydrogen (secondary N) is 1. The molecule has 0 bridgehead atoms. The zero-order valence-corrected chi connectivity index (χ0v) is 11.8. The van der Waals surface area contributed by atoms with Gasteiger partial charge in [0, 0.05) is 0 Å². The van der Waals surface area contributed by atoms with Gasteiger partial charge in [-0.2, -0.15) is 0 Å². The maximum Gasteiger partial charge on any atom is 0.267 e. The van der Waals surface area contributed by atoms with Gasteiger partial charge in [0.15, 0.2) is 5.13 Å². The summed E-state index contributed by atoms with van der Waals surface area (Å²) in [5.41, 5.74) is 7.91. The summed E-state index contributed by atoms with van der Waals surface area (Å²) >= 11 is 1.17. The Morgan fingerprint density at radius 2 is 2.16 bits per heavy atom. The van der Waals surface area contributed by atoms with E-state index in [0.717, 1.165) is 5.56 Å². The van der Waals surface area contributed by atoms with Gasteiger partial charge in [-0.25, -0.2) is 4.98 Å². The highest BCUT2D eigenvalue weighted by atomic mass is 32.1. The van der Waals surface area contributed by atoms with E-state index < -0.39 is 0 Å². The molecule has 0 atom stereocenters. The molecule has 0 fully saturated rings. The predicted octanol–water partition coefficient (Wildman–Crippen LogP) is 2.60. The van der Waals surface area contributed by atoms with Crippen LogP contribution in [0.5, 0.6) is 5.75 Å². The highest BCUT2D eigenvalue weighted by molar-refractivity contribution is 7.17. The number of anilines is 2. The molecule has 1 aromatic carbocycles. The Morgan fingerprint density at radius 1 is 1.42 bits per heavy atom. The summed E-state index contributed by atoms with van der Waals surface area (Å²) in [5, 5.41) is 3.20. The SMILES string of the molecule is COc1cc(C)ccc1NC(=O)c1sc(N)nc1C. The van der Waals surface area contributed by atoms with Crippen LogP contribution in [0, 0.1) is 13.8 Å². The zero-order chi connectivity index (χ0) is 14.0. The topological polar surface area (TPSA) is 77.2 Å². The minimum atomic E-state index is -0.228. The van der Waals surface area contributed by atoms with Crippen LogP contribution in [-0.2, 0) is 0 Å². The summed E-state index contributed by atoms with van der Waals surface area (Å²) in [6.45, 7) is 3.72. The minimum absolute atomic E-state index is 0.228. The third-order valence-electron chi connectivity index (χ3n) is 2.62. The average molecular weight is 277 g/mol. The third kappa shape index (κ3) is 2.85. The fourth-order valence-corrected chi connectivity index (χ4v) is 2.44. The van der Waals surface area contributed by atoms with E-state index in [1.807, 2.05) is 25.1 Å². The lowest BCUT2D eigenvalue weighted by atomic mass is 10.2. The number of nitrogen functional groups attached to an aromatic ring is 1. The number of amides is 1. The quantitative estimate of drug-likeness (QED) is 0.904. The van der Waals surface area contributed by atoms with Crippen molar-refractivity contribution >= 4 is 28.1 Å². The molecule has 3 N–H and O–H groups in total. The third-order valence-corrected chi connectivity index (χ3v) is 3.61. The van der Waals surface area contributed by atoms with Crippen molar-refractivity contribution in [3.8, 4) is 5.75 Å². The Hall–Kier alpha value is -2.08. The van der Waals surface area contributed by atoms with Crippen LogP contribution >= 0.6 is 11.3 Å². The summed E-state index contributed by atoms with van der Waals surface area (Å²) in [6.07, 6.45) is 0. The Balaban J connectivity index is 2.26. The van der Waals surface area contributed by atoms with Crippen molar-refractivity contribution in [2.24, 2.45) is 0 Å². The average Bonchev–Trinajstić information content (AvgIpc) is 2.70. The molecule has 0 aliphatic heterocycles. The second-order valence-electron chi connectivity index (χ2n) is 4.12. The van der Waals surface area contributed by atoms with Crippen LogP contribution in [0.25, 0.3) is 0 Å². The lowest BCUT2D eigenvalue weighted by molar-refractivity contribution is 0.102. The smallest absolute Gasteiger partial charge is 0.267 e. The molecule has 0 aliphatic rings. The van der Waals surface area contributed by atoms with Crippen LogP contribution in [0.2, 0.25) is 0 Å². The van der Waals surface area contributed by atoms with Crippen LogP contribution in [0.4, 0.5) is 10.8 Å². The van der Waals surface area contributed by atoms with Crippen LogP contribution in [0.15, 0.2) is 18.2 Å². The second-order valence-corrected chi connectivity index (χ2v) is 5.16. The van der Waals surface area contributed by atoms with Crippen molar-refractivity contribution < 1.29 is 9.53 Å². The van der Waals surface area contributed by atoms with E-state index in [4.69, 9.17) is 10.5 Å². The highest BCUT2D eigenvalue weighted by Crippen LogP contribution is 2.27. The fourth-order valence-electron chi connectivity index (χ4n) is 1.71. The molecule has 19 heavy (non-hydrogen) atoms. The Kier molecular flexibility index (Phi) is 3.71. The maximum atomic E-state index is 12.1. The highest BCUT2D eigenvalue weighted by Gasteiger charge is 2.15. The fraction of sp³-hybridized carbons (Fsp3) is 0.231. The number of methoxy groups -OCH3 is 1. The van der Waals surface area contributed by atoms with E-state index in [1.165, 1.54) is 11.3 Å². The number of rotatable bonds is 3. The molecule has 1 amide bonds. The normalized spacial score (nSPS) is 10.3. The molecule has 2 aromatic rings. The molecule has 0 radical (unpaired) electrons. The van der Waals surface area contributed by atoms with Crippen molar-refractivity contribution in [3.63, 3.8) is 0 Å². The monoisotopic (exact) mass is 277 g/mol. The van der Waals surface area contributed by atoms with E-state index in [0.29, 0.717) is 27.1 Å². The maximum absolute atomic E-state index is 12.1. The van der Waals surface area contributed by atoms with E-state index >= 15 is 0 Å². The number of thiazole rings is 1. The molecule has 2 rings (SSSR count). The van der Waals surface area contributed by atoms with E-state index in [2.05, 4.69) is 10.3 Å². The molecule has 0 saturated heterocycles. The summed E-state index contributed by atoms with van der Waals surface area (Å²) < 4.78 is 5.25. The molecule has 0 aliphatic carbocycles. The van der Waals surface area contributed by atoms with Gasteiger partial charge in [0.05, 0.1) is 18.5 Å². The van der Waals surface area contributed by atoms with Gasteiger partial charge in [0.2, 0.25) is 0 Å². The number of ether oxygens (including phenoxy) is 1. The summed E-state index contributed by atoms with van der Waals surface area (Å²) in [4.78, 5) is 16.7. The van der Waals surface area contributed by atoms with Crippen molar-refractivity contribution in [2.45, 2.75) is 13.8 Å². The molecule has 100 valence electrons.